The van der Waals surface area contributed by atoms with Crippen LogP contribution in [0.2, 0.25) is 0 Å². The molecule has 1 aromatic heterocycles. The number of aromatic nitrogens is 1. The van der Waals surface area contributed by atoms with Crippen molar-refractivity contribution in [2.24, 2.45) is 5.73 Å². The molecule has 0 aliphatic carbocycles. The van der Waals surface area contributed by atoms with E-state index in [1.54, 1.807) is 17.3 Å². The Balaban J connectivity index is 2.46. The Bertz CT molecular complexity index is 366. The van der Waals surface area contributed by atoms with Gasteiger partial charge in [-0.2, -0.15) is 0 Å². The summed E-state index contributed by atoms with van der Waals surface area (Å²) in [5, 5.41) is 0. The van der Waals surface area contributed by atoms with Crippen molar-refractivity contribution in [1.29, 1.82) is 0 Å². The van der Waals surface area contributed by atoms with Crippen molar-refractivity contribution in [1.82, 2.24) is 4.98 Å². The third-order valence-electron chi connectivity index (χ3n) is 2.40. The van der Waals surface area contributed by atoms with Gasteiger partial charge in [-0.15, -0.1) is 0 Å². The van der Waals surface area contributed by atoms with Gasteiger partial charge < -0.3 is 10.6 Å². The number of likely N-dealkylation sites (N-methyl/N-ethyl adjacent to an activating group) is 1. The number of pyridine rings is 1. The van der Waals surface area contributed by atoms with Crippen LogP contribution in [-0.4, -0.2) is 31.2 Å². The number of primary amides is 1. The van der Waals surface area contributed by atoms with Gasteiger partial charge in [-0.25, -0.2) is 4.79 Å². The molecule has 0 fully saturated rings. The molecule has 74 valence electrons. The van der Waals surface area contributed by atoms with Crippen molar-refractivity contribution in [3.8, 4) is 0 Å². The van der Waals surface area contributed by atoms with Gasteiger partial charge in [0.25, 0.3) is 0 Å². The number of hydrogen-bond acceptors (Lipinski definition) is 3. The molecule has 14 heavy (non-hydrogen) atoms. The Hall–Kier alpha value is -1.78. The zero-order valence-electron chi connectivity index (χ0n) is 7.97. The molecule has 5 nitrogen and oxygen atoms in total. The van der Waals surface area contributed by atoms with Crippen LogP contribution >= 0.6 is 0 Å². The lowest BCUT2D eigenvalue weighted by atomic mass is 10.2. The number of nitrogens with two attached hydrogens (primary N) is 1. The molecule has 0 spiro atoms. The average Bonchev–Trinajstić information content (AvgIpc) is 2.18. The van der Waals surface area contributed by atoms with Gasteiger partial charge in [0.15, 0.2) is 0 Å². The lowest BCUT2D eigenvalue weighted by Gasteiger charge is -2.34. The maximum Gasteiger partial charge on any atom is 0.319 e. The molecule has 2 heterocycles. The van der Waals surface area contributed by atoms with E-state index in [4.69, 9.17) is 5.73 Å². The molecule has 0 radical (unpaired) electrons. The largest absolute Gasteiger partial charge is 0.371 e. The number of hydrogen-bond donors (Lipinski definition) is 1. The van der Waals surface area contributed by atoms with Gasteiger partial charge in [-0.3, -0.25) is 9.88 Å². The number of amides is 2. The van der Waals surface area contributed by atoms with Crippen LogP contribution in [0, 0.1) is 0 Å². The number of nitrogens with zero attached hydrogens (tertiary/aromatic N) is 3. The van der Waals surface area contributed by atoms with Crippen LogP contribution in [0.1, 0.15) is 0 Å². The Morgan fingerprint density at radius 3 is 3.00 bits per heavy atom. The van der Waals surface area contributed by atoms with Crippen LogP contribution in [0.3, 0.4) is 0 Å². The van der Waals surface area contributed by atoms with E-state index >= 15 is 0 Å². The molecule has 1 aliphatic rings. The van der Waals surface area contributed by atoms with Crippen LogP contribution in [0.5, 0.6) is 0 Å². The molecule has 2 rings (SSSR count). The monoisotopic (exact) mass is 192 g/mol. The highest BCUT2D eigenvalue weighted by Gasteiger charge is 2.23. The highest BCUT2D eigenvalue weighted by Crippen LogP contribution is 2.30. The molecule has 0 atom stereocenters. The number of carbonyl (C=O) groups is 1. The predicted octanol–water partition coefficient (Wildman–Crippen LogP) is 0.416. The highest BCUT2D eigenvalue weighted by molar-refractivity contribution is 5.95. The Kier molecular flexibility index (Phi) is 1.99. The first-order valence-corrected chi connectivity index (χ1v) is 4.42. The van der Waals surface area contributed by atoms with Gasteiger partial charge in [0.1, 0.15) is 0 Å². The highest BCUT2D eigenvalue weighted by atomic mass is 16.2. The normalized spacial score (nSPS) is 15.2. The lowest BCUT2D eigenvalue weighted by Crippen LogP contribution is -2.45. The number of anilines is 2. The maximum atomic E-state index is 11.1. The topological polar surface area (TPSA) is 62.5 Å². The Morgan fingerprint density at radius 2 is 2.29 bits per heavy atom. The van der Waals surface area contributed by atoms with Crippen LogP contribution in [-0.2, 0) is 0 Å². The van der Waals surface area contributed by atoms with E-state index in [9.17, 15) is 4.79 Å². The SMILES string of the molecule is CN1CCN(C(N)=O)c2cnccc21. The first kappa shape index (κ1) is 8.80. The molecular weight excluding hydrogens is 180 g/mol. The van der Waals surface area contributed by atoms with Crippen molar-refractivity contribution in [3.63, 3.8) is 0 Å². The Morgan fingerprint density at radius 1 is 1.50 bits per heavy atom. The molecule has 2 N–H and O–H groups in total. The molecule has 0 aromatic carbocycles. The second-order valence-corrected chi connectivity index (χ2v) is 3.28. The summed E-state index contributed by atoms with van der Waals surface area (Å²) >= 11 is 0. The lowest BCUT2D eigenvalue weighted by molar-refractivity contribution is 0.254. The van der Waals surface area contributed by atoms with E-state index in [0.29, 0.717) is 6.54 Å². The zero-order chi connectivity index (χ0) is 10.1. The minimum Gasteiger partial charge on any atom is -0.371 e. The first-order valence-electron chi connectivity index (χ1n) is 4.42. The minimum atomic E-state index is -0.424. The molecule has 0 bridgehead atoms. The molecule has 0 unspecified atom stereocenters. The maximum absolute atomic E-state index is 11.1. The van der Waals surface area contributed by atoms with Crippen LogP contribution in [0.15, 0.2) is 18.5 Å². The molecular formula is C9H12N4O. The van der Waals surface area contributed by atoms with Crippen LogP contribution in [0.25, 0.3) is 0 Å². The summed E-state index contributed by atoms with van der Waals surface area (Å²) in [4.78, 5) is 18.7. The molecule has 5 heteroatoms. The second-order valence-electron chi connectivity index (χ2n) is 3.28. The van der Waals surface area contributed by atoms with Gasteiger partial charge in [0.2, 0.25) is 0 Å². The summed E-state index contributed by atoms with van der Waals surface area (Å²) < 4.78 is 0. The second kappa shape index (κ2) is 3.17. The molecule has 1 aromatic rings. The quantitative estimate of drug-likeness (QED) is 0.647. The van der Waals surface area contributed by atoms with Crippen molar-refractivity contribution in [2.45, 2.75) is 0 Å². The predicted molar refractivity (Wildman–Crippen MR) is 54.4 cm³/mol. The third-order valence-corrected chi connectivity index (χ3v) is 2.40. The van der Waals surface area contributed by atoms with Gasteiger partial charge in [-0.05, 0) is 6.07 Å². The van der Waals surface area contributed by atoms with Crippen LogP contribution in [0.4, 0.5) is 16.2 Å². The smallest absolute Gasteiger partial charge is 0.319 e. The molecule has 1 aliphatic heterocycles. The van der Waals surface area contributed by atoms with E-state index in [-0.39, 0.29) is 0 Å². The van der Waals surface area contributed by atoms with Gasteiger partial charge in [-0.1, -0.05) is 0 Å². The van der Waals surface area contributed by atoms with E-state index in [2.05, 4.69) is 9.88 Å². The van der Waals surface area contributed by atoms with Crippen molar-refractivity contribution in [2.75, 3.05) is 29.9 Å². The zero-order valence-corrected chi connectivity index (χ0v) is 7.97. The van der Waals surface area contributed by atoms with Crippen molar-refractivity contribution in [3.05, 3.63) is 18.5 Å². The Labute approximate surface area is 82.1 Å². The standard InChI is InChI=1S/C9H12N4O/c1-12-4-5-13(9(10)14)8-6-11-3-2-7(8)12/h2-3,6H,4-5H2,1H3,(H2,10,14). The molecule has 2 amide bonds. The summed E-state index contributed by atoms with van der Waals surface area (Å²) in [5.74, 6) is 0. The van der Waals surface area contributed by atoms with Gasteiger partial charge in [0.05, 0.1) is 17.6 Å². The van der Waals surface area contributed by atoms with Crippen molar-refractivity contribution < 1.29 is 4.79 Å². The van der Waals surface area contributed by atoms with E-state index in [1.807, 2.05) is 13.1 Å². The fourth-order valence-corrected chi connectivity index (χ4v) is 1.63. The summed E-state index contributed by atoms with van der Waals surface area (Å²) in [6.45, 7) is 1.41. The van der Waals surface area contributed by atoms with Crippen LogP contribution < -0.4 is 15.5 Å². The van der Waals surface area contributed by atoms with E-state index < -0.39 is 6.03 Å². The molecule has 0 saturated carbocycles. The molecule has 0 saturated heterocycles. The summed E-state index contributed by atoms with van der Waals surface area (Å²) in [7, 11) is 1.98. The summed E-state index contributed by atoms with van der Waals surface area (Å²) in [6, 6.07) is 1.46. The van der Waals surface area contributed by atoms with Gasteiger partial charge >= 0.3 is 6.03 Å². The minimum absolute atomic E-state index is 0.424. The number of fused-ring (bicyclic) bond motifs is 1. The number of urea groups is 1. The van der Waals surface area contributed by atoms with E-state index in [1.165, 1.54) is 0 Å². The first-order chi connectivity index (χ1) is 6.70. The third kappa shape index (κ3) is 1.26. The van der Waals surface area contributed by atoms with E-state index in [0.717, 1.165) is 17.9 Å². The summed E-state index contributed by atoms with van der Waals surface area (Å²) in [6.07, 6.45) is 3.37. The number of rotatable bonds is 0. The van der Waals surface area contributed by atoms with Crippen molar-refractivity contribution >= 4 is 17.4 Å². The fraction of sp³-hybridized carbons (Fsp3) is 0.333. The fourth-order valence-electron chi connectivity index (χ4n) is 1.63. The average molecular weight is 192 g/mol. The summed E-state index contributed by atoms with van der Waals surface area (Å²) in [5.41, 5.74) is 7.04. The number of carbonyl (C=O) groups excluding carboxylic acids is 1. The van der Waals surface area contributed by atoms with Gasteiger partial charge in [0, 0.05) is 26.3 Å².